The van der Waals surface area contributed by atoms with Crippen molar-refractivity contribution in [1.82, 2.24) is 0 Å². The molecule has 8 heteroatoms. The maximum absolute atomic E-state index is 13.8. The number of benzene rings is 2. The van der Waals surface area contributed by atoms with Gasteiger partial charge in [0.1, 0.15) is 15.9 Å². The van der Waals surface area contributed by atoms with Crippen molar-refractivity contribution in [2.24, 2.45) is 41.4 Å². The molecule has 4 heterocycles. The zero-order valence-electron chi connectivity index (χ0n) is 19.1. The van der Waals surface area contributed by atoms with Crippen molar-refractivity contribution < 1.29 is 32.0 Å². The molecule has 0 spiro atoms. The zero-order valence-corrected chi connectivity index (χ0v) is 19.9. The molecular formula is C27H27O7S-. The first-order valence-corrected chi connectivity index (χ1v) is 14.3. The van der Waals surface area contributed by atoms with Gasteiger partial charge in [0.15, 0.2) is 0 Å². The second-order valence-electron chi connectivity index (χ2n) is 11.5. The van der Waals surface area contributed by atoms with E-state index in [-0.39, 0.29) is 40.3 Å². The monoisotopic (exact) mass is 495 g/mol. The van der Waals surface area contributed by atoms with Crippen LogP contribution in [0.15, 0.2) is 41.3 Å². The van der Waals surface area contributed by atoms with Crippen molar-refractivity contribution in [2.75, 3.05) is 0 Å². The Morgan fingerprint density at radius 1 is 0.800 bits per heavy atom. The van der Waals surface area contributed by atoms with Gasteiger partial charge in [-0.1, -0.05) is 24.3 Å². The van der Waals surface area contributed by atoms with Gasteiger partial charge in [0.05, 0.1) is 35.2 Å². The van der Waals surface area contributed by atoms with E-state index in [0.29, 0.717) is 52.9 Å². The standard InChI is InChI=1S/C27H28O7S/c28-27(34-16-9-10-21(35(29,30)31)13-4-2-1-3-12(13)16)15-11-14-22-17-5-7-19(32-17)25(22)24(15)26-20-8-6-18(33-20)23(14)26/h1-4,9-10,14-15,17-20,22-26H,5-8,11H2,(H,29,30,31)/p-1. The average Bonchev–Trinajstić information content (AvgIpc) is 3.65. The summed E-state index contributed by atoms with van der Waals surface area (Å²) in [7, 11) is -4.65. The molecule has 35 heavy (non-hydrogen) atoms. The Hall–Kier alpha value is -2.00. The molecule has 7 fully saturated rings. The highest BCUT2D eigenvalue weighted by atomic mass is 32.2. The molecule has 2 aromatic carbocycles. The Labute approximate surface area is 203 Å². The summed E-state index contributed by atoms with van der Waals surface area (Å²) in [5, 5.41) is 0.738. The molecule has 9 atom stereocenters. The van der Waals surface area contributed by atoms with Crippen LogP contribution in [0.25, 0.3) is 10.8 Å². The molecule has 7 nitrogen and oxygen atoms in total. The lowest BCUT2D eigenvalue weighted by Gasteiger charge is -2.59. The molecule has 9 rings (SSSR count). The molecule has 2 aromatic rings. The van der Waals surface area contributed by atoms with Crippen LogP contribution in [-0.4, -0.2) is 43.4 Å². The van der Waals surface area contributed by atoms with E-state index in [1.807, 2.05) is 0 Å². The van der Waals surface area contributed by atoms with Crippen LogP contribution in [-0.2, 0) is 24.4 Å². The predicted octanol–water partition coefficient (Wildman–Crippen LogP) is 3.50. The van der Waals surface area contributed by atoms with E-state index in [2.05, 4.69) is 0 Å². The van der Waals surface area contributed by atoms with Gasteiger partial charge in [0.25, 0.3) is 0 Å². The second kappa shape index (κ2) is 7.06. The first kappa shape index (κ1) is 21.1. The van der Waals surface area contributed by atoms with Crippen molar-refractivity contribution in [3.05, 3.63) is 36.4 Å². The number of esters is 1. The molecule has 9 unspecified atom stereocenters. The van der Waals surface area contributed by atoms with Crippen molar-refractivity contribution >= 4 is 26.9 Å². The summed E-state index contributed by atoms with van der Waals surface area (Å²) in [6.07, 6.45) is 6.41. The van der Waals surface area contributed by atoms with Crippen molar-refractivity contribution in [1.29, 1.82) is 0 Å². The van der Waals surface area contributed by atoms with E-state index >= 15 is 0 Å². The van der Waals surface area contributed by atoms with Gasteiger partial charge in [-0.15, -0.1) is 0 Å². The van der Waals surface area contributed by atoms with Gasteiger partial charge in [-0.25, -0.2) is 8.42 Å². The summed E-state index contributed by atoms with van der Waals surface area (Å²) in [5.74, 6) is 2.37. The van der Waals surface area contributed by atoms with Crippen molar-refractivity contribution in [3.8, 4) is 5.75 Å². The molecule has 0 N–H and O–H groups in total. The van der Waals surface area contributed by atoms with Gasteiger partial charge in [0.2, 0.25) is 0 Å². The van der Waals surface area contributed by atoms with Gasteiger partial charge in [-0.3, -0.25) is 4.79 Å². The highest BCUT2D eigenvalue weighted by Crippen LogP contribution is 2.70. The molecule has 0 aromatic heterocycles. The van der Waals surface area contributed by atoms with Crippen LogP contribution in [0, 0.1) is 41.4 Å². The third-order valence-electron chi connectivity index (χ3n) is 10.3. The van der Waals surface area contributed by atoms with Gasteiger partial charge < -0.3 is 18.8 Å². The van der Waals surface area contributed by atoms with Crippen LogP contribution < -0.4 is 4.74 Å². The predicted molar refractivity (Wildman–Crippen MR) is 122 cm³/mol. The molecule has 7 aliphatic rings. The minimum Gasteiger partial charge on any atom is -0.744 e. The SMILES string of the molecule is O=C(Oc1ccc(S(=O)(=O)[O-])c2ccccc12)C1CC2C3C4CCC(O4)C3C1C1C3CCC(O3)C21. The quantitative estimate of drug-likeness (QED) is 0.365. The molecule has 4 aliphatic heterocycles. The van der Waals surface area contributed by atoms with Crippen LogP contribution in [0.3, 0.4) is 0 Å². The fraction of sp³-hybridized carbons (Fsp3) is 0.593. The summed E-state index contributed by atoms with van der Waals surface area (Å²) in [4.78, 5) is 13.5. The van der Waals surface area contributed by atoms with Gasteiger partial charge in [0, 0.05) is 10.8 Å². The average molecular weight is 496 g/mol. The Morgan fingerprint density at radius 2 is 1.37 bits per heavy atom. The second-order valence-corrected chi connectivity index (χ2v) is 12.8. The van der Waals surface area contributed by atoms with Gasteiger partial charge >= 0.3 is 5.97 Å². The molecule has 184 valence electrons. The van der Waals surface area contributed by atoms with Crippen molar-refractivity contribution in [3.63, 3.8) is 0 Å². The topological polar surface area (TPSA) is 102 Å². The van der Waals surface area contributed by atoms with E-state index in [4.69, 9.17) is 14.2 Å². The number of carbonyl (C=O) groups excluding carboxylic acids is 1. The number of rotatable bonds is 3. The fourth-order valence-corrected chi connectivity index (χ4v) is 10.1. The Kier molecular flexibility index (Phi) is 4.26. The Morgan fingerprint density at radius 3 is 1.97 bits per heavy atom. The van der Waals surface area contributed by atoms with E-state index in [1.54, 1.807) is 24.3 Å². The molecular weight excluding hydrogens is 468 g/mol. The molecule has 0 amide bonds. The summed E-state index contributed by atoms with van der Waals surface area (Å²) in [6.45, 7) is 0. The number of carbonyl (C=O) groups is 1. The summed E-state index contributed by atoms with van der Waals surface area (Å²) >= 11 is 0. The lowest BCUT2D eigenvalue weighted by atomic mass is 9.42. The number of ether oxygens (including phenoxy) is 3. The van der Waals surface area contributed by atoms with Crippen LogP contribution in [0.2, 0.25) is 0 Å². The minimum atomic E-state index is -4.65. The molecule has 4 saturated heterocycles. The van der Waals surface area contributed by atoms with Crippen LogP contribution in [0.1, 0.15) is 32.1 Å². The van der Waals surface area contributed by atoms with Gasteiger partial charge in [-0.05, 0) is 79.7 Å². The van der Waals surface area contributed by atoms with Gasteiger partial charge in [-0.2, -0.15) is 0 Å². The Bertz CT molecular complexity index is 1320. The largest absolute Gasteiger partial charge is 0.744 e. The van der Waals surface area contributed by atoms with Crippen LogP contribution >= 0.6 is 0 Å². The molecule has 6 bridgehead atoms. The van der Waals surface area contributed by atoms with E-state index in [1.165, 1.54) is 12.1 Å². The Balaban J connectivity index is 1.16. The zero-order chi connectivity index (χ0) is 23.6. The number of hydrogen-bond acceptors (Lipinski definition) is 7. The molecule has 3 saturated carbocycles. The normalized spacial score (nSPS) is 44.5. The highest BCUT2D eigenvalue weighted by molar-refractivity contribution is 7.86. The fourth-order valence-electron chi connectivity index (χ4n) is 9.44. The highest BCUT2D eigenvalue weighted by Gasteiger charge is 2.72. The van der Waals surface area contributed by atoms with Crippen LogP contribution in [0.4, 0.5) is 0 Å². The van der Waals surface area contributed by atoms with E-state index < -0.39 is 10.1 Å². The molecule has 0 radical (unpaired) electrons. The minimum absolute atomic E-state index is 0.209. The van der Waals surface area contributed by atoms with E-state index in [9.17, 15) is 17.8 Å². The van der Waals surface area contributed by atoms with Crippen LogP contribution in [0.5, 0.6) is 5.75 Å². The first-order chi connectivity index (χ1) is 16.9. The summed E-state index contributed by atoms with van der Waals surface area (Å²) in [6, 6.07) is 9.39. The van der Waals surface area contributed by atoms with E-state index in [0.717, 1.165) is 32.1 Å². The van der Waals surface area contributed by atoms with Crippen molar-refractivity contribution in [2.45, 2.75) is 61.4 Å². The number of fused-ring (bicyclic) bond motifs is 6. The number of hydrogen-bond donors (Lipinski definition) is 0. The smallest absolute Gasteiger partial charge is 0.314 e. The third-order valence-corrected chi connectivity index (χ3v) is 11.2. The maximum Gasteiger partial charge on any atom is 0.314 e. The summed E-state index contributed by atoms with van der Waals surface area (Å²) < 4.78 is 54.2. The molecule has 3 aliphatic carbocycles. The third kappa shape index (κ3) is 2.77. The maximum atomic E-state index is 13.8. The summed E-state index contributed by atoms with van der Waals surface area (Å²) in [5.41, 5.74) is 0. The lowest BCUT2D eigenvalue weighted by Crippen LogP contribution is -2.62. The lowest BCUT2D eigenvalue weighted by molar-refractivity contribution is -0.164. The first-order valence-electron chi connectivity index (χ1n) is 12.9.